The summed E-state index contributed by atoms with van der Waals surface area (Å²) in [5, 5.41) is 4.95. The quantitative estimate of drug-likeness (QED) is 0.682. The fraction of sp³-hybridized carbons (Fsp3) is 0.118. The molecule has 5 nitrogen and oxygen atoms in total. The average molecular weight is 360 g/mol. The highest BCUT2D eigenvalue weighted by Gasteiger charge is 2.06. The molecule has 0 saturated carbocycles. The number of aryl methyl sites for hydroxylation is 1. The lowest BCUT2D eigenvalue weighted by molar-refractivity contribution is -0.115. The molecule has 0 atom stereocenters. The van der Waals surface area contributed by atoms with Gasteiger partial charge in [-0.15, -0.1) is 11.3 Å². The molecule has 1 N–H and O–H groups in total. The summed E-state index contributed by atoms with van der Waals surface area (Å²) in [7, 11) is 0. The molecule has 122 valence electrons. The number of rotatable bonds is 5. The van der Waals surface area contributed by atoms with Crippen LogP contribution in [-0.4, -0.2) is 15.9 Å². The van der Waals surface area contributed by atoms with Gasteiger partial charge in [-0.1, -0.05) is 6.07 Å². The van der Waals surface area contributed by atoms with Crippen molar-refractivity contribution < 1.29 is 9.53 Å². The zero-order valence-electron chi connectivity index (χ0n) is 12.8. The van der Waals surface area contributed by atoms with E-state index in [2.05, 4.69) is 15.3 Å². The second-order valence-electron chi connectivity index (χ2n) is 5.05. The van der Waals surface area contributed by atoms with Crippen LogP contribution in [-0.2, 0) is 11.2 Å². The van der Waals surface area contributed by atoms with E-state index in [1.807, 2.05) is 24.4 Å². The van der Waals surface area contributed by atoms with E-state index >= 15 is 0 Å². The van der Waals surface area contributed by atoms with E-state index in [-0.39, 0.29) is 11.2 Å². The topological polar surface area (TPSA) is 64.1 Å². The van der Waals surface area contributed by atoms with Gasteiger partial charge in [0.1, 0.15) is 5.75 Å². The Morgan fingerprint density at radius 1 is 1.25 bits per heavy atom. The van der Waals surface area contributed by atoms with Crippen molar-refractivity contribution in [1.29, 1.82) is 0 Å². The van der Waals surface area contributed by atoms with E-state index in [0.29, 0.717) is 23.7 Å². The van der Waals surface area contributed by atoms with E-state index < -0.39 is 0 Å². The standard InChI is InChI=1S/C17H14ClN3O2S/c1-11-9-16(21-17(18)19-11)23-13-6-4-12(5-7-13)20-15(22)10-14-3-2-8-24-14/h2-9H,10H2,1H3,(H,20,22). The Balaban J connectivity index is 1.61. The molecule has 7 heteroatoms. The number of carbonyl (C=O) groups excluding carboxylic acids is 1. The molecule has 0 bridgehead atoms. The van der Waals surface area contributed by atoms with Crippen molar-refractivity contribution in [3.63, 3.8) is 0 Å². The van der Waals surface area contributed by atoms with Gasteiger partial charge in [-0.2, -0.15) is 4.98 Å². The fourth-order valence-corrected chi connectivity index (χ4v) is 2.98. The van der Waals surface area contributed by atoms with E-state index in [9.17, 15) is 4.79 Å². The number of anilines is 1. The molecule has 2 aromatic heterocycles. The van der Waals surface area contributed by atoms with E-state index in [0.717, 1.165) is 10.6 Å². The predicted octanol–water partition coefficient (Wildman–Crippen LogP) is 4.47. The molecular formula is C17H14ClN3O2S. The Kier molecular flexibility index (Phi) is 5.08. The first-order valence-electron chi connectivity index (χ1n) is 7.20. The molecule has 3 aromatic rings. The smallest absolute Gasteiger partial charge is 0.229 e. The van der Waals surface area contributed by atoms with Gasteiger partial charge in [-0.3, -0.25) is 4.79 Å². The van der Waals surface area contributed by atoms with Crippen LogP contribution in [0.15, 0.2) is 47.8 Å². The highest BCUT2D eigenvalue weighted by Crippen LogP contribution is 2.23. The van der Waals surface area contributed by atoms with Gasteiger partial charge in [0.15, 0.2) is 0 Å². The highest BCUT2D eigenvalue weighted by molar-refractivity contribution is 7.10. The van der Waals surface area contributed by atoms with Crippen LogP contribution < -0.4 is 10.1 Å². The third-order valence-electron chi connectivity index (χ3n) is 3.08. The first-order valence-corrected chi connectivity index (χ1v) is 8.45. The van der Waals surface area contributed by atoms with Crippen LogP contribution in [0.1, 0.15) is 10.6 Å². The van der Waals surface area contributed by atoms with Crippen LogP contribution >= 0.6 is 22.9 Å². The molecule has 0 aliphatic heterocycles. The SMILES string of the molecule is Cc1cc(Oc2ccc(NC(=O)Cc3cccs3)cc2)nc(Cl)n1. The number of amides is 1. The molecule has 2 heterocycles. The number of halogens is 1. The zero-order chi connectivity index (χ0) is 16.9. The van der Waals surface area contributed by atoms with Crippen LogP contribution in [0.2, 0.25) is 5.28 Å². The molecule has 0 fully saturated rings. The van der Waals surface area contributed by atoms with Crippen molar-refractivity contribution in [2.75, 3.05) is 5.32 Å². The lowest BCUT2D eigenvalue weighted by atomic mass is 10.2. The predicted molar refractivity (Wildman–Crippen MR) is 94.9 cm³/mol. The number of ether oxygens (including phenoxy) is 1. The van der Waals surface area contributed by atoms with Crippen LogP contribution in [0.4, 0.5) is 5.69 Å². The Bertz CT molecular complexity index is 815. The van der Waals surface area contributed by atoms with Gasteiger partial charge in [-0.05, 0) is 54.2 Å². The molecule has 0 aliphatic rings. The van der Waals surface area contributed by atoms with Gasteiger partial charge in [0.2, 0.25) is 17.1 Å². The number of carbonyl (C=O) groups is 1. The number of hydrogen-bond donors (Lipinski definition) is 1. The zero-order valence-corrected chi connectivity index (χ0v) is 14.4. The van der Waals surface area contributed by atoms with Crippen molar-refractivity contribution in [3.05, 3.63) is 63.7 Å². The summed E-state index contributed by atoms with van der Waals surface area (Å²) >= 11 is 7.37. The number of aromatic nitrogens is 2. The second-order valence-corrected chi connectivity index (χ2v) is 6.42. The minimum atomic E-state index is -0.0516. The van der Waals surface area contributed by atoms with Crippen LogP contribution in [0.5, 0.6) is 11.6 Å². The summed E-state index contributed by atoms with van der Waals surface area (Å²) in [6, 6.07) is 12.6. The maximum atomic E-state index is 12.0. The van der Waals surface area contributed by atoms with Gasteiger partial charge in [0, 0.05) is 22.3 Å². The summed E-state index contributed by atoms with van der Waals surface area (Å²) in [5.41, 5.74) is 1.43. The molecule has 0 radical (unpaired) electrons. The van der Waals surface area contributed by atoms with Gasteiger partial charge in [0.25, 0.3) is 0 Å². The van der Waals surface area contributed by atoms with Crippen molar-refractivity contribution in [2.24, 2.45) is 0 Å². The maximum absolute atomic E-state index is 12.0. The lowest BCUT2D eigenvalue weighted by Crippen LogP contribution is -2.13. The van der Waals surface area contributed by atoms with Gasteiger partial charge >= 0.3 is 0 Å². The number of nitrogens with zero attached hydrogens (tertiary/aromatic N) is 2. The molecule has 3 rings (SSSR count). The second kappa shape index (κ2) is 7.42. The maximum Gasteiger partial charge on any atom is 0.229 e. The third-order valence-corrected chi connectivity index (χ3v) is 4.12. The molecule has 1 amide bonds. The molecule has 24 heavy (non-hydrogen) atoms. The lowest BCUT2D eigenvalue weighted by Gasteiger charge is -2.08. The van der Waals surface area contributed by atoms with Crippen LogP contribution in [0.3, 0.4) is 0 Å². The monoisotopic (exact) mass is 359 g/mol. The Hall–Kier alpha value is -2.44. The Morgan fingerprint density at radius 3 is 2.71 bits per heavy atom. The van der Waals surface area contributed by atoms with Crippen molar-refractivity contribution in [2.45, 2.75) is 13.3 Å². The summed E-state index contributed by atoms with van der Waals surface area (Å²) in [6.45, 7) is 1.81. The molecule has 0 aliphatic carbocycles. The average Bonchev–Trinajstić information content (AvgIpc) is 3.01. The van der Waals surface area contributed by atoms with E-state index in [1.54, 1.807) is 41.7 Å². The number of thiophene rings is 1. The fourth-order valence-electron chi connectivity index (χ4n) is 2.06. The minimum absolute atomic E-state index is 0.0516. The van der Waals surface area contributed by atoms with Crippen LogP contribution in [0, 0.1) is 6.92 Å². The Labute approximate surface area is 148 Å². The molecule has 1 aromatic carbocycles. The summed E-state index contributed by atoms with van der Waals surface area (Å²) < 4.78 is 5.64. The summed E-state index contributed by atoms with van der Waals surface area (Å²) in [6.07, 6.45) is 0.370. The molecule has 0 saturated heterocycles. The van der Waals surface area contributed by atoms with Gasteiger partial charge in [-0.25, -0.2) is 4.98 Å². The van der Waals surface area contributed by atoms with Crippen molar-refractivity contribution in [3.8, 4) is 11.6 Å². The van der Waals surface area contributed by atoms with Gasteiger partial charge in [0.05, 0.1) is 6.42 Å². The molecule has 0 spiro atoms. The Morgan fingerprint density at radius 2 is 2.04 bits per heavy atom. The van der Waals surface area contributed by atoms with Crippen LogP contribution in [0.25, 0.3) is 0 Å². The largest absolute Gasteiger partial charge is 0.439 e. The summed E-state index contributed by atoms with van der Waals surface area (Å²) in [5.74, 6) is 0.923. The molecule has 0 unspecified atom stereocenters. The number of nitrogens with one attached hydrogen (secondary N) is 1. The van der Waals surface area contributed by atoms with E-state index in [4.69, 9.17) is 16.3 Å². The summed E-state index contributed by atoms with van der Waals surface area (Å²) in [4.78, 5) is 21.0. The van der Waals surface area contributed by atoms with Crippen molar-refractivity contribution >= 4 is 34.5 Å². The van der Waals surface area contributed by atoms with E-state index in [1.165, 1.54) is 0 Å². The van der Waals surface area contributed by atoms with Gasteiger partial charge < -0.3 is 10.1 Å². The highest BCUT2D eigenvalue weighted by atomic mass is 35.5. The number of hydrogen-bond acceptors (Lipinski definition) is 5. The third kappa shape index (κ3) is 4.53. The number of benzene rings is 1. The van der Waals surface area contributed by atoms with Crippen molar-refractivity contribution in [1.82, 2.24) is 9.97 Å². The first-order chi connectivity index (χ1) is 11.6. The molecular weight excluding hydrogens is 346 g/mol. The normalized spacial score (nSPS) is 10.4. The first kappa shape index (κ1) is 16.4. The minimum Gasteiger partial charge on any atom is -0.439 e.